The van der Waals surface area contributed by atoms with Gasteiger partial charge >= 0.3 is 6.01 Å². The van der Waals surface area contributed by atoms with Crippen molar-refractivity contribution >= 4 is 23.3 Å². The van der Waals surface area contributed by atoms with Gasteiger partial charge in [0.1, 0.15) is 5.82 Å². The van der Waals surface area contributed by atoms with Gasteiger partial charge in [0.15, 0.2) is 0 Å². The Labute approximate surface area is 109 Å². The first-order valence-corrected chi connectivity index (χ1v) is 6.20. The molecule has 0 aliphatic rings. The second-order valence-electron chi connectivity index (χ2n) is 3.61. The van der Waals surface area contributed by atoms with E-state index in [0.717, 1.165) is 0 Å². The Bertz CT molecular complexity index is 518. The zero-order valence-electron chi connectivity index (χ0n) is 9.94. The fourth-order valence-corrected chi connectivity index (χ4v) is 1.78. The van der Waals surface area contributed by atoms with E-state index in [1.165, 1.54) is 6.07 Å². The monoisotopic (exact) mass is 269 g/mol. The maximum absolute atomic E-state index is 13.7. The maximum atomic E-state index is 13.7. The van der Waals surface area contributed by atoms with Crippen molar-refractivity contribution in [1.82, 2.24) is 10.2 Å². The van der Waals surface area contributed by atoms with Crippen LogP contribution in [0.2, 0.25) is 0 Å². The van der Waals surface area contributed by atoms with E-state index in [2.05, 4.69) is 10.2 Å². The molecule has 0 radical (unpaired) electrons. The lowest BCUT2D eigenvalue weighted by Crippen LogP contribution is -2.17. The van der Waals surface area contributed by atoms with Gasteiger partial charge < -0.3 is 4.42 Å². The van der Waals surface area contributed by atoms with E-state index < -0.39 is 0 Å². The molecule has 1 aromatic heterocycles. The lowest BCUT2D eigenvalue weighted by atomic mass is 10.3. The number of alkyl halides is 1. The van der Waals surface area contributed by atoms with Crippen molar-refractivity contribution < 1.29 is 8.81 Å². The van der Waals surface area contributed by atoms with Gasteiger partial charge in [0.25, 0.3) is 0 Å². The minimum atomic E-state index is -0.323. The zero-order chi connectivity index (χ0) is 13.0. The zero-order valence-corrected chi connectivity index (χ0v) is 10.7. The predicted octanol–water partition coefficient (Wildman–Crippen LogP) is 3.15. The molecule has 0 atom stereocenters. The van der Waals surface area contributed by atoms with E-state index in [-0.39, 0.29) is 11.8 Å². The number of anilines is 2. The molecule has 0 unspecified atom stereocenters. The van der Waals surface area contributed by atoms with Gasteiger partial charge in [-0.2, -0.15) is 0 Å². The van der Waals surface area contributed by atoms with Crippen LogP contribution in [-0.2, 0) is 6.42 Å². The number of aromatic nitrogens is 2. The molecule has 0 aliphatic heterocycles. The summed E-state index contributed by atoms with van der Waals surface area (Å²) < 4.78 is 19.2. The molecule has 0 N–H and O–H groups in total. The minimum absolute atomic E-state index is 0.280. The maximum Gasteiger partial charge on any atom is 0.322 e. The summed E-state index contributed by atoms with van der Waals surface area (Å²) in [5.41, 5.74) is 0.418. The lowest BCUT2D eigenvalue weighted by molar-refractivity contribution is 0.499. The number of halogens is 2. The summed E-state index contributed by atoms with van der Waals surface area (Å²) in [5, 5.41) is 7.77. The largest absolute Gasteiger partial charge is 0.408 e. The Kier molecular flexibility index (Phi) is 4.15. The van der Waals surface area contributed by atoms with Gasteiger partial charge in [-0.05, 0) is 19.1 Å². The van der Waals surface area contributed by atoms with Crippen LogP contribution in [0.25, 0.3) is 0 Å². The first kappa shape index (κ1) is 12.8. The molecule has 2 aromatic rings. The molecule has 0 saturated heterocycles. The third-order valence-electron chi connectivity index (χ3n) is 2.45. The van der Waals surface area contributed by atoms with Crippen LogP contribution in [0.15, 0.2) is 28.7 Å². The Morgan fingerprint density at radius 3 is 2.78 bits per heavy atom. The highest BCUT2D eigenvalue weighted by Gasteiger charge is 2.17. The molecule has 96 valence electrons. The molecule has 6 heteroatoms. The molecule has 0 amide bonds. The molecule has 1 heterocycles. The van der Waals surface area contributed by atoms with Crippen LogP contribution in [0.3, 0.4) is 0 Å². The summed E-state index contributed by atoms with van der Waals surface area (Å²) in [6.07, 6.45) is 0.503. The van der Waals surface area contributed by atoms with E-state index in [9.17, 15) is 4.39 Å². The van der Waals surface area contributed by atoms with Crippen LogP contribution in [0, 0.1) is 5.82 Å². The molecule has 0 aliphatic carbocycles. The molecule has 18 heavy (non-hydrogen) atoms. The SMILES string of the molecule is CCN(c1nnc(CCCl)o1)c1ccccc1F. The summed E-state index contributed by atoms with van der Waals surface area (Å²) in [6.45, 7) is 2.42. The minimum Gasteiger partial charge on any atom is -0.408 e. The van der Waals surface area contributed by atoms with Crippen LogP contribution in [0.4, 0.5) is 16.1 Å². The Morgan fingerprint density at radius 2 is 2.11 bits per heavy atom. The number of hydrogen-bond donors (Lipinski definition) is 0. The molecule has 0 fully saturated rings. The molecule has 0 bridgehead atoms. The van der Waals surface area contributed by atoms with Crippen molar-refractivity contribution in [3.8, 4) is 0 Å². The molecule has 2 rings (SSSR count). The van der Waals surface area contributed by atoms with Crippen LogP contribution in [0.5, 0.6) is 0 Å². The summed E-state index contributed by atoms with van der Waals surface area (Å²) in [7, 11) is 0. The number of rotatable bonds is 5. The molecular formula is C12H13ClFN3O. The third-order valence-corrected chi connectivity index (χ3v) is 2.64. The van der Waals surface area contributed by atoms with Crippen molar-refractivity contribution in [3.05, 3.63) is 36.0 Å². The van der Waals surface area contributed by atoms with Crippen molar-refractivity contribution in [2.75, 3.05) is 17.3 Å². The van der Waals surface area contributed by atoms with E-state index in [0.29, 0.717) is 30.4 Å². The van der Waals surface area contributed by atoms with Gasteiger partial charge in [-0.15, -0.1) is 16.7 Å². The topological polar surface area (TPSA) is 42.2 Å². The second kappa shape index (κ2) is 5.82. The van der Waals surface area contributed by atoms with Crippen LogP contribution < -0.4 is 4.90 Å². The van der Waals surface area contributed by atoms with Crippen molar-refractivity contribution in [1.29, 1.82) is 0 Å². The van der Waals surface area contributed by atoms with Crippen molar-refractivity contribution in [2.45, 2.75) is 13.3 Å². The lowest BCUT2D eigenvalue weighted by Gasteiger charge is -2.18. The normalized spacial score (nSPS) is 10.6. The van der Waals surface area contributed by atoms with Gasteiger partial charge in [-0.1, -0.05) is 17.2 Å². The van der Waals surface area contributed by atoms with E-state index in [1.807, 2.05) is 6.92 Å². The first-order chi connectivity index (χ1) is 8.76. The fraction of sp³-hybridized carbons (Fsp3) is 0.333. The smallest absolute Gasteiger partial charge is 0.322 e. The predicted molar refractivity (Wildman–Crippen MR) is 67.8 cm³/mol. The third kappa shape index (κ3) is 2.61. The standard InChI is InChI=1S/C12H13ClFN3O/c1-2-17(10-6-4-3-5-9(10)14)12-16-15-11(18-12)7-8-13/h3-6H,2,7-8H2,1H3. The highest BCUT2D eigenvalue weighted by Crippen LogP contribution is 2.26. The van der Waals surface area contributed by atoms with Gasteiger partial charge in [0.2, 0.25) is 5.89 Å². The summed E-state index contributed by atoms with van der Waals surface area (Å²) in [4.78, 5) is 1.63. The van der Waals surface area contributed by atoms with Crippen molar-refractivity contribution in [3.63, 3.8) is 0 Å². The summed E-state index contributed by atoms with van der Waals surface area (Å²) in [5.74, 6) is 0.541. The number of benzene rings is 1. The number of hydrogen-bond acceptors (Lipinski definition) is 4. The van der Waals surface area contributed by atoms with Gasteiger partial charge in [-0.25, -0.2) is 4.39 Å². The van der Waals surface area contributed by atoms with E-state index in [4.69, 9.17) is 16.0 Å². The Balaban J connectivity index is 2.30. The van der Waals surface area contributed by atoms with Crippen LogP contribution >= 0.6 is 11.6 Å². The summed E-state index contributed by atoms with van der Waals surface area (Å²) in [6, 6.07) is 6.75. The van der Waals surface area contributed by atoms with Crippen LogP contribution in [-0.4, -0.2) is 22.6 Å². The quantitative estimate of drug-likeness (QED) is 0.782. The second-order valence-corrected chi connectivity index (χ2v) is 3.99. The van der Waals surface area contributed by atoms with Crippen LogP contribution in [0.1, 0.15) is 12.8 Å². The molecule has 1 aromatic carbocycles. The first-order valence-electron chi connectivity index (χ1n) is 5.66. The highest BCUT2D eigenvalue weighted by atomic mass is 35.5. The number of para-hydroxylation sites is 1. The fourth-order valence-electron chi connectivity index (χ4n) is 1.61. The van der Waals surface area contributed by atoms with Gasteiger partial charge in [-0.3, -0.25) is 4.90 Å². The van der Waals surface area contributed by atoms with Gasteiger partial charge in [0.05, 0.1) is 5.69 Å². The average molecular weight is 270 g/mol. The summed E-state index contributed by atoms with van der Waals surface area (Å²) >= 11 is 5.60. The molecule has 0 saturated carbocycles. The average Bonchev–Trinajstić information content (AvgIpc) is 2.82. The van der Waals surface area contributed by atoms with Gasteiger partial charge in [0, 0.05) is 18.8 Å². The molecule has 0 spiro atoms. The van der Waals surface area contributed by atoms with Crippen molar-refractivity contribution in [2.24, 2.45) is 0 Å². The highest BCUT2D eigenvalue weighted by molar-refractivity contribution is 6.17. The Hall–Kier alpha value is -1.62. The van der Waals surface area contributed by atoms with E-state index in [1.54, 1.807) is 23.1 Å². The Morgan fingerprint density at radius 1 is 1.33 bits per heavy atom. The number of aryl methyl sites for hydroxylation is 1. The number of nitrogens with zero attached hydrogens (tertiary/aromatic N) is 3. The van der Waals surface area contributed by atoms with E-state index >= 15 is 0 Å². The molecular weight excluding hydrogens is 257 g/mol. The molecule has 4 nitrogen and oxygen atoms in total.